The standard InChI is InChI=1S/C19H17N3OS/c1-12(2)15-8-9-16-17(10-15)24-19(22(16)3)21-18(23)14-6-4-13(11-20)5-7-14/h4-10,12H,1-3H3. The molecule has 1 amide bonds. The van der Waals surface area contributed by atoms with Gasteiger partial charge < -0.3 is 4.57 Å². The Hall–Kier alpha value is -2.71. The molecular weight excluding hydrogens is 318 g/mol. The van der Waals surface area contributed by atoms with Crippen LogP contribution >= 0.6 is 11.3 Å². The molecule has 4 nitrogen and oxygen atoms in total. The zero-order valence-corrected chi connectivity index (χ0v) is 14.6. The van der Waals surface area contributed by atoms with Crippen molar-refractivity contribution in [2.75, 3.05) is 0 Å². The Labute approximate surface area is 144 Å². The first-order valence-corrected chi connectivity index (χ1v) is 8.50. The van der Waals surface area contributed by atoms with Crippen LogP contribution in [-0.4, -0.2) is 10.5 Å². The third kappa shape index (κ3) is 3.01. The molecule has 0 saturated heterocycles. The molecule has 0 unspecified atom stereocenters. The van der Waals surface area contributed by atoms with Crippen molar-refractivity contribution in [2.45, 2.75) is 19.8 Å². The van der Waals surface area contributed by atoms with E-state index in [1.807, 2.05) is 17.7 Å². The summed E-state index contributed by atoms with van der Waals surface area (Å²) in [6, 6.07) is 14.9. The number of nitrogens with zero attached hydrogens (tertiary/aromatic N) is 3. The monoisotopic (exact) mass is 335 g/mol. The van der Waals surface area contributed by atoms with Gasteiger partial charge in [-0.25, -0.2) is 0 Å². The van der Waals surface area contributed by atoms with Crippen molar-refractivity contribution in [3.8, 4) is 6.07 Å². The van der Waals surface area contributed by atoms with Crippen LogP contribution in [0.3, 0.4) is 0 Å². The lowest BCUT2D eigenvalue weighted by atomic mass is 10.0. The number of benzene rings is 2. The molecule has 0 saturated carbocycles. The van der Waals surface area contributed by atoms with Crippen molar-refractivity contribution in [3.63, 3.8) is 0 Å². The zero-order chi connectivity index (χ0) is 17.3. The Kier molecular flexibility index (Phi) is 4.32. The van der Waals surface area contributed by atoms with Gasteiger partial charge >= 0.3 is 0 Å². The van der Waals surface area contributed by atoms with Gasteiger partial charge in [-0.2, -0.15) is 10.3 Å². The Morgan fingerprint density at radius 3 is 2.54 bits per heavy atom. The normalized spacial score (nSPS) is 11.9. The topological polar surface area (TPSA) is 58.1 Å². The van der Waals surface area contributed by atoms with Crippen LogP contribution in [0.25, 0.3) is 10.2 Å². The molecule has 1 heterocycles. The van der Waals surface area contributed by atoms with Crippen molar-refractivity contribution < 1.29 is 4.79 Å². The quantitative estimate of drug-likeness (QED) is 0.711. The maximum absolute atomic E-state index is 12.4. The average Bonchev–Trinajstić information content (AvgIpc) is 2.90. The summed E-state index contributed by atoms with van der Waals surface area (Å²) in [5, 5.41) is 8.82. The number of aromatic nitrogens is 1. The molecule has 1 aromatic heterocycles. The number of fused-ring (bicyclic) bond motifs is 1. The lowest BCUT2D eigenvalue weighted by molar-refractivity contribution is 0.0998. The minimum Gasteiger partial charge on any atom is -0.319 e. The van der Waals surface area contributed by atoms with E-state index in [-0.39, 0.29) is 5.91 Å². The van der Waals surface area contributed by atoms with E-state index >= 15 is 0 Å². The van der Waals surface area contributed by atoms with Crippen LogP contribution in [0.5, 0.6) is 0 Å². The van der Waals surface area contributed by atoms with Gasteiger partial charge in [-0.15, -0.1) is 0 Å². The van der Waals surface area contributed by atoms with E-state index in [1.54, 1.807) is 24.3 Å². The highest BCUT2D eigenvalue weighted by molar-refractivity contribution is 7.16. The van der Waals surface area contributed by atoms with Crippen LogP contribution in [0.1, 0.15) is 41.3 Å². The van der Waals surface area contributed by atoms with Gasteiger partial charge in [-0.3, -0.25) is 4.79 Å². The van der Waals surface area contributed by atoms with Gasteiger partial charge in [-0.05, 0) is 47.9 Å². The van der Waals surface area contributed by atoms with E-state index in [9.17, 15) is 4.79 Å². The van der Waals surface area contributed by atoms with Crippen molar-refractivity contribution in [2.24, 2.45) is 12.0 Å². The fourth-order valence-corrected chi connectivity index (χ4v) is 3.52. The summed E-state index contributed by atoms with van der Waals surface area (Å²) in [5.41, 5.74) is 3.35. The first kappa shape index (κ1) is 16.2. The van der Waals surface area contributed by atoms with Crippen LogP contribution < -0.4 is 4.80 Å². The molecule has 0 spiro atoms. The Balaban J connectivity index is 2.04. The molecule has 0 aliphatic heterocycles. The third-order valence-electron chi connectivity index (χ3n) is 3.96. The number of hydrogen-bond acceptors (Lipinski definition) is 3. The highest BCUT2D eigenvalue weighted by atomic mass is 32.1. The number of carbonyl (C=O) groups is 1. The molecule has 0 radical (unpaired) electrons. The highest BCUT2D eigenvalue weighted by Crippen LogP contribution is 2.23. The summed E-state index contributed by atoms with van der Waals surface area (Å²) in [4.78, 5) is 17.3. The number of carbonyl (C=O) groups excluding carboxylic acids is 1. The van der Waals surface area contributed by atoms with Gasteiger partial charge in [-0.1, -0.05) is 31.3 Å². The summed E-state index contributed by atoms with van der Waals surface area (Å²) in [5.74, 6) is 0.160. The van der Waals surface area contributed by atoms with E-state index in [1.165, 1.54) is 16.9 Å². The summed E-state index contributed by atoms with van der Waals surface area (Å²) in [7, 11) is 1.92. The molecule has 2 aromatic carbocycles. The van der Waals surface area contributed by atoms with Gasteiger partial charge in [0.2, 0.25) is 0 Å². The molecule has 3 rings (SSSR count). The van der Waals surface area contributed by atoms with Gasteiger partial charge in [0.1, 0.15) is 0 Å². The first-order valence-electron chi connectivity index (χ1n) is 7.68. The summed E-state index contributed by atoms with van der Waals surface area (Å²) >= 11 is 1.51. The molecular formula is C19H17N3OS. The lowest BCUT2D eigenvalue weighted by Gasteiger charge is -2.04. The summed E-state index contributed by atoms with van der Waals surface area (Å²) < 4.78 is 3.06. The van der Waals surface area contributed by atoms with E-state index in [0.29, 0.717) is 21.8 Å². The van der Waals surface area contributed by atoms with Gasteiger partial charge in [0.05, 0.1) is 21.8 Å². The maximum atomic E-state index is 12.4. The molecule has 120 valence electrons. The number of amides is 1. The molecule has 0 atom stereocenters. The number of rotatable bonds is 2. The van der Waals surface area contributed by atoms with Crippen molar-refractivity contribution in [1.82, 2.24) is 4.57 Å². The van der Waals surface area contributed by atoms with E-state index in [0.717, 1.165) is 10.2 Å². The molecule has 0 bridgehead atoms. The van der Waals surface area contributed by atoms with Gasteiger partial charge in [0, 0.05) is 12.6 Å². The Morgan fingerprint density at radius 2 is 1.92 bits per heavy atom. The number of thiazole rings is 1. The van der Waals surface area contributed by atoms with Crippen molar-refractivity contribution in [1.29, 1.82) is 5.26 Å². The Morgan fingerprint density at radius 1 is 1.21 bits per heavy atom. The summed E-state index contributed by atoms with van der Waals surface area (Å²) in [6.07, 6.45) is 0. The molecule has 0 fully saturated rings. The maximum Gasteiger partial charge on any atom is 0.279 e. The van der Waals surface area contributed by atoms with Crippen LogP contribution in [0.15, 0.2) is 47.5 Å². The zero-order valence-electron chi connectivity index (χ0n) is 13.8. The van der Waals surface area contributed by atoms with Gasteiger partial charge in [0.25, 0.3) is 5.91 Å². The molecule has 0 aliphatic carbocycles. The fourth-order valence-electron chi connectivity index (χ4n) is 2.46. The van der Waals surface area contributed by atoms with Crippen LogP contribution in [-0.2, 0) is 7.05 Å². The molecule has 3 aromatic rings. The van der Waals surface area contributed by atoms with Crippen LogP contribution in [0.4, 0.5) is 0 Å². The Bertz CT molecular complexity index is 1020. The van der Waals surface area contributed by atoms with E-state index in [2.05, 4.69) is 37.0 Å². The van der Waals surface area contributed by atoms with Crippen molar-refractivity contribution in [3.05, 3.63) is 64.0 Å². The second-order valence-corrected chi connectivity index (χ2v) is 6.94. The predicted octanol–water partition coefficient (Wildman–Crippen LogP) is 3.98. The minimum absolute atomic E-state index is 0.300. The second-order valence-electron chi connectivity index (χ2n) is 5.93. The smallest absolute Gasteiger partial charge is 0.279 e. The largest absolute Gasteiger partial charge is 0.319 e. The molecule has 5 heteroatoms. The molecule has 0 aliphatic rings. The van der Waals surface area contributed by atoms with Crippen LogP contribution in [0, 0.1) is 11.3 Å². The molecule has 24 heavy (non-hydrogen) atoms. The first-order chi connectivity index (χ1) is 11.5. The third-order valence-corrected chi connectivity index (χ3v) is 5.05. The SMILES string of the molecule is CC(C)c1ccc2c(c1)sc(=NC(=O)c1ccc(C#N)cc1)n2C. The predicted molar refractivity (Wildman–Crippen MR) is 95.9 cm³/mol. The van der Waals surface area contributed by atoms with Crippen LogP contribution in [0.2, 0.25) is 0 Å². The second kappa shape index (κ2) is 6.42. The number of hydrogen-bond donors (Lipinski definition) is 0. The fraction of sp³-hybridized carbons (Fsp3) is 0.211. The summed E-state index contributed by atoms with van der Waals surface area (Å²) in [6.45, 7) is 4.32. The van der Waals surface area contributed by atoms with Crippen molar-refractivity contribution >= 4 is 27.5 Å². The van der Waals surface area contributed by atoms with Gasteiger partial charge in [0.15, 0.2) is 4.80 Å². The van der Waals surface area contributed by atoms with E-state index in [4.69, 9.17) is 5.26 Å². The number of nitriles is 1. The average molecular weight is 335 g/mol. The lowest BCUT2D eigenvalue weighted by Crippen LogP contribution is -2.13. The number of aryl methyl sites for hydroxylation is 1. The minimum atomic E-state index is -0.300. The van der Waals surface area contributed by atoms with E-state index < -0.39 is 0 Å². The molecule has 0 N–H and O–H groups in total. The highest BCUT2D eigenvalue weighted by Gasteiger charge is 2.09.